The number of aromatic nitrogens is 1. The van der Waals surface area contributed by atoms with Gasteiger partial charge in [0, 0.05) is 68.5 Å². The van der Waals surface area contributed by atoms with Crippen molar-refractivity contribution in [3.8, 4) is 5.88 Å². The van der Waals surface area contributed by atoms with Crippen LogP contribution in [0.5, 0.6) is 5.88 Å². The quantitative estimate of drug-likeness (QED) is 0.160. The van der Waals surface area contributed by atoms with Crippen LogP contribution in [0.15, 0.2) is 59.9 Å². The highest BCUT2D eigenvalue weighted by molar-refractivity contribution is 5.79. The molecule has 8 nitrogen and oxygen atoms in total. The average Bonchev–Trinajstić information content (AvgIpc) is 3.03. The molecule has 1 aliphatic heterocycles. The van der Waals surface area contributed by atoms with E-state index in [0.29, 0.717) is 23.7 Å². The zero-order valence-electron chi connectivity index (χ0n) is 28.6. The standard InChI is InChI=1S/C17H30N4O2.C11H16N2.3C2H6/c1-3-5-21(6-4-2)16-13-15(18)14-17(19-16)23-12-9-20-7-10-22-11-8-20;1-3-5-10(2)6-4-7-11(8-12)9-13;3*1-2/h13-14H,3-12H2,1-2H3,(H2,18,19);3-9,12H,13H2,1-2H3;3*1-2H3/b;5-3-,7-4+,10-6-,11-9+,12-8?;;;. The lowest BCUT2D eigenvalue weighted by atomic mass is 10.2. The number of nitrogen functional groups attached to an aromatic ring is 1. The minimum atomic E-state index is 0.616. The number of hydrogen-bond donors (Lipinski definition) is 3. The Labute approximate surface area is 259 Å². The summed E-state index contributed by atoms with van der Waals surface area (Å²) in [6.07, 6.45) is 14.4. The van der Waals surface area contributed by atoms with Crippen molar-refractivity contribution >= 4 is 17.7 Å². The average molecular weight is 589 g/mol. The fourth-order valence-corrected chi connectivity index (χ4v) is 3.51. The van der Waals surface area contributed by atoms with Gasteiger partial charge in [0.05, 0.1) is 13.2 Å². The third-order valence-corrected chi connectivity index (χ3v) is 5.32. The number of nitrogens with one attached hydrogen (secondary N) is 1. The van der Waals surface area contributed by atoms with Gasteiger partial charge in [-0.05, 0) is 26.7 Å². The number of anilines is 2. The molecule has 1 fully saturated rings. The number of hydrogen-bond acceptors (Lipinski definition) is 8. The largest absolute Gasteiger partial charge is 0.476 e. The Morgan fingerprint density at radius 2 is 1.64 bits per heavy atom. The number of allylic oxidation sites excluding steroid dienone is 7. The highest BCUT2D eigenvalue weighted by Crippen LogP contribution is 2.21. The molecule has 0 bridgehead atoms. The van der Waals surface area contributed by atoms with E-state index in [-0.39, 0.29) is 0 Å². The maximum atomic E-state index is 6.97. The predicted molar refractivity (Wildman–Crippen MR) is 187 cm³/mol. The van der Waals surface area contributed by atoms with E-state index in [9.17, 15) is 0 Å². The minimum absolute atomic E-state index is 0.616. The fraction of sp³-hybridized carbons (Fsp3) is 0.588. The second kappa shape index (κ2) is 32.4. The molecule has 42 heavy (non-hydrogen) atoms. The van der Waals surface area contributed by atoms with E-state index in [0.717, 1.165) is 64.6 Å². The summed E-state index contributed by atoms with van der Waals surface area (Å²) in [6, 6.07) is 3.74. The van der Waals surface area contributed by atoms with E-state index in [4.69, 9.17) is 26.4 Å². The van der Waals surface area contributed by atoms with Crippen molar-refractivity contribution in [2.24, 2.45) is 5.73 Å². The molecule has 1 saturated heterocycles. The van der Waals surface area contributed by atoms with Gasteiger partial charge in [-0.15, -0.1) is 0 Å². The molecule has 1 aliphatic rings. The Morgan fingerprint density at radius 1 is 1.05 bits per heavy atom. The van der Waals surface area contributed by atoms with Crippen LogP contribution in [0.4, 0.5) is 11.5 Å². The predicted octanol–water partition coefficient (Wildman–Crippen LogP) is 7.64. The molecule has 0 saturated carbocycles. The number of pyridine rings is 1. The highest BCUT2D eigenvalue weighted by atomic mass is 16.5. The maximum Gasteiger partial charge on any atom is 0.217 e. The van der Waals surface area contributed by atoms with Crippen LogP contribution in [0.1, 0.15) is 82.1 Å². The zero-order chi connectivity index (χ0) is 32.6. The normalized spacial score (nSPS) is 13.4. The van der Waals surface area contributed by atoms with Crippen molar-refractivity contribution in [1.82, 2.24) is 9.88 Å². The van der Waals surface area contributed by atoms with Gasteiger partial charge >= 0.3 is 0 Å². The Hall–Kier alpha value is -3.10. The topological polar surface area (TPSA) is 114 Å². The van der Waals surface area contributed by atoms with Gasteiger partial charge in [-0.25, -0.2) is 0 Å². The molecule has 0 aromatic carbocycles. The van der Waals surface area contributed by atoms with E-state index in [2.05, 4.69) is 28.6 Å². The molecule has 0 amide bonds. The molecular weight excluding hydrogens is 524 g/mol. The summed E-state index contributed by atoms with van der Waals surface area (Å²) in [4.78, 5) is 9.25. The molecule has 0 spiro atoms. The van der Waals surface area contributed by atoms with Gasteiger partial charge in [-0.3, -0.25) is 4.90 Å². The Balaban J connectivity index is -0.000000683. The molecule has 1 aromatic rings. The lowest BCUT2D eigenvalue weighted by Crippen LogP contribution is -2.38. The molecule has 0 radical (unpaired) electrons. The van der Waals surface area contributed by atoms with Crippen LogP contribution in [-0.4, -0.2) is 68.6 Å². The van der Waals surface area contributed by atoms with Crippen LogP contribution in [0, 0.1) is 5.41 Å². The van der Waals surface area contributed by atoms with E-state index < -0.39 is 0 Å². The van der Waals surface area contributed by atoms with Crippen molar-refractivity contribution in [2.45, 2.75) is 82.1 Å². The van der Waals surface area contributed by atoms with Crippen molar-refractivity contribution in [3.05, 3.63) is 59.9 Å². The second-order valence-electron chi connectivity index (χ2n) is 8.47. The molecule has 8 heteroatoms. The third-order valence-electron chi connectivity index (χ3n) is 5.32. The van der Waals surface area contributed by atoms with Gasteiger partial charge in [-0.1, -0.05) is 91.3 Å². The number of ether oxygens (including phenoxy) is 2. The van der Waals surface area contributed by atoms with Gasteiger partial charge in [0.2, 0.25) is 5.88 Å². The van der Waals surface area contributed by atoms with Gasteiger partial charge in [0.15, 0.2) is 0 Å². The highest BCUT2D eigenvalue weighted by Gasteiger charge is 2.12. The molecular formula is C34H64N6O2. The van der Waals surface area contributed by atoms with Crippen LogP contribution < -0.4 is 21.1 Å². The van der Waals surface area contributed by atoms with Crippen molar-refractivity contribution in [2.75, 3.05) is 63.2 Å². The van der Waals surface area contributed by atoms with E-state index in [1.54, 1.807) is 12.1 Å². The monoisotopic (exact) mass is 589 g/mol. The lowest BCUT2D eigenvalue weighted by molar-refractivity contribution is 0.0320. The van der Waals surface area contributed by atoms with E-state index in [1.807, 2.05) is 85.8 Å². The Morgan fingerprint density at radius 3 is 2.14 bits per heavy atom. The zero-order valence-corrected chi connectivity index (χ0v) is 28.6. The number of rotatable bonds is 13. The number of nitrogens with zero attached hydrogens (tertiary/aromatic N) is 3. The van der Waals surface area contributed by atoms with Gasteiger partial charge < -0.3 is 31.3 Å². The first-order valence-electron chi connectivity index (χ1n) is 15.8. The minimum Gasteiger partial charge on any atom is -0.476 e. The molecule has 242 valence electrons. The summed E-state index contributed by atoms with van der Waals surface area (Å²) in [5.41, 5.74) is 13.9. The molecule has 0 aliphatic carbocycles. The summed E-state index contributed by atoms with van der Waals surface area (Å²) in [5, 5.41) is 6.97. The van der Waals surface area contributed by atoms with Crippen molar-refractivity contribution < 1.29 is 9.47 Å². The van der Waals surface area contributed by atoms with Crippen molar-refractivity contribution in [1.29, 1.82) is 5.41 Å². The molecule has 2 rings (SSSR count). The van der Waals surface area contributed by atoms with Gasteiger partial charge in [0.25, 0.3) is 0 Å². The second-order valence-corrected chi connectivity index (χ2v) is 8.47. The molecule has 2 heterocycles. The summed E-state index contributed by atoms with van der Waals surface area (Å²) < 4.78 is 11.2. The maximum absolute atomic E-state index is 6.97. The summed E-state index contributed by atoms with van der Waals surface area (Å²) in [6.45, 7) is 27.4. The Kier molecular flexibility index (Phi) is 33.5. The van der Waals surface area contributed by atoms with Crippen LogP contribution in [0.3, 0.4) is 0 Å². The van der Waals surface area contributed by atoms with Crippen molar-refractivity contribution in [3.63, 3.8) is 0 Å². The van der Waals surface area contributed by atoms with E-state index >= 15 is 0 Å². The van der Waals surface area contributed by atoms with E-state index in [1.165, 1.54) is 18.0 Å². The molecule has 0 atom stereocenters. The van der Waals surface area contributed by atoms with Crippen LogP contribution in [-0.2, 0) is 4.74 Å². The van der Waals surface area contributed by atoms with Crippen LogP contribution in [0.25, 0.3) is 0 Å². The molecule has 1 aromatic heterocycles. The molecule has 0 unspecified atom stereocenters. The number of morpholine rings is 1. The first-order chi connectivity index (χ1) is 20.5. The third kappa shape index (κ3) is 22.6. The first-order valence-corrected chi connectivity index (χ1v) is 15.8. The SMILES string of the molecule is CC.CC.CC.CCCN(CCC)c1cc(N)cc(OCCN2CCOCC2)n1.C\C=C/C(C)=C\C=C\C(C=N)=C/N. The van der Waals surface area contributed by atoms with Gasteiger partial charge in [0.1, 0.15) is 12.4 Å². The van der Waals surface area contributed by atoms with Gasteiger partial charge in [-0.2, -0.15) is 4.98 Å². The molecule has 5 N–H and O–H groups in total. The van der Waals surface area contributed by atoms with Crippen LogP contribution in [0.2, 0.25) is 0 Å². The summed E-state index contributed by atoms with van der Waals surface area (Å²) >= 11 is 0. The lowest BCUT2D eigenvalue weighted by Gasteiger charge is -2.26. The smallest absolute Gasteiger partial charge is 0.217 e. The first kappa shape index (κ1) is 43.4. The van der Waals surface area contributed by atoms with Crippen LogP contribution >= 0.6 is 0 Å². The summed E-state index contributed by atoms with van der Waals surface area (Å²) in [5.74, 6) is 1.53. The fourth-order valence-electron chi connectivity index (χ4n) is 3.51. The summed E-state index contributed by atoms with van der Waals surface area (Å²) in [7, 11) is 0. The Bertz CT molecular complexity index is 869. The number of nitrogens with two attached hydrogens (primary N) is 2.